The number of allylic oxidation sites excluding steroid dienone is 1. The number of hydrogen-bond donors (Lipinski definition) is 2. The average molecular weight is 302 g/mol. The van der Waals surface area contributed by atoms with Gasteiger partial charge in [-0.1, -0.05) is 18.2 Å². The van der Waals surface area contributed by atoms with E-state index in [1.165, 1.54) is 0 Å². The average Bonchev–Trinajstić information content (AvgIpc) is 2.96. The number of aliphatic hydroxyl groups is 1. The van der Waals surface area contributed by atoms with Gasteiger partial charge in [-0.25, -0.2) is 0 Å². The minimum absolute atomic E-state index is 0.135. The van der Waals surface area contributed by atoms with Gasteiger partial charge >= 0.3 is 0 Å². The fourth-order valence-corrected chi connectivity index (χ4v) is 2.73. The maximum absolute atomic E-state index is 11.8. The van der Waals surface area contributed by atoms with Crippen LogP contribution in [-0.4, -0.2) is 30.2 Å². The second-order valence-electron chi connectivity index (χ2n) is 5.89. The smallest absolute Gasteiger partial charge is 0.227 e. The predicted molar refractivity (Wildman–Crippen MR) is 89.9 cm³/mol. The van der Waals surface area contributed by atoms with Gasteiger partial charge in [0.25, 0.3) is 0 Å². The SMILES string of the molecule is C=CCCC(O)CNC(C)c1cccc(N2CCCC2=O)c1. The lowest BCUT2D eigenvalue weighted by atomic mass is 10.1. The summed E-state index contributed by atoms with van der Waals surface area (Å²) in [6, 6.07) is 8.23. The molecule has 0 spiro atoms. The lowest BCUT2D eigenvalue weighted by molar-refractivity contribution is -0.117. The number of nitrogens with one attached hydrogen (secondary N) is 1. The molecule has 4 nitrogen and oxygen atoms in total. The number of amides is 1. The molecule has 0 saturated carbocycles. The molecule has 1 saturated heterocycles. The van der Waals surface area contributed by atoms with Crippen molar-refractivity contribution in [3.05, 3.63) is 42.5 Å². The van der Waals surface area contributed by atoms with Gasteiger partial charge in [-0.15, -0.1) is 6.58 Å². The zero-order valence-electron chi connectivity index (χ0n) is 13.3. The lowest BCUT2D eigenvalue weighted by Crippen LogP contribution is -2.29. The first-order valence-electron chi connectivity index (χ1n) is 8.04. The van der Waals surface area contributed by atoms with E-state index in [0.29, 0.717) is 13.0 Å². The molecule has 120 valence electrons. The summed E-state index contributed by atoms with van der Waals surface area (Å²) < 4.78 is 0. The fourth-order valence-electron chi connectivity index (χ4n) is 2.73. The number of carbonyl (C=O) groups excluding carboxylic acids is 1. The maximum Gasteiger partial charge on any atom is 0.227 e. The van der Waals surface area contributed by atoms with Gasteiger partial charge in [0.1, 0.15) is 0 Å². The van der Waals surface area contributed by atoms with E-state index in [-0.39, 0.29) is 18.1 Å². The number of hydrogen-bond acceptors (Lipinski definition) is 3. The first kappa shape index (κ1) is 16.7. The summed E-state index contributed by atoms with van der Waals surface area (Å²) in [4.78, 5) is 13.7. The molecule has 2 unspecified atom stereocenters. The number of aliphatic hydroxyl groups excluding tert-OH is 1. The Labute approximate surface area is 132 Å². The van der Waals surface area contributed by atoms with Crippen molar-refractivity contribution in [3.8, 4) is 0 Å². The Morgan fingerprint density at radius 3 is 3.00 bits per heavy atom. The Kier molecular flexibility index (Phi) is 6.16. The number of nitrogens with zero attached hydrogens (tertiary/aromatic N) is 1. The summed E-state index contributed by atoms with van der Waals surface area (Å²) in [6.07, 6.45) is 4.60. The summed E-state index contributed by atoms with van der Waals surface area (Å²) in [5.74, 6) is 0.206. The predicted octanol–water partition coefficient (Wildman–Crippen LogP) is 2.79. The first-order valence-corrected chi connectivity index (χ1v) is 8.04. The normalized spacial score (nSPS) is 17.5. The highest BCUT2D eigenvalue weighted by Gasteiger charge is 2.22. The topological polar surface area (TPSA) is 52.6 Å². The van der Waals surface area contributed by atoms with Crippen LogP contribution in [0.4, 0.5) is 5.69 Å². The molecule has 1 aliphatic rings. The van der Waals surface area contributed by atoms with Crippen LogP contribution in [0.25, 0.3) is 0 Å². The molecular formula is C18H26N2O2. The van der Waals surface area contributed by atoms with Crippen LogP contribution in [0.15, 0.2) is 36.9 Å². The molecule has 22 heavy (non-hydrogen) atoms. The highest BCUT2D eigenvalue weighted by atomic mass is 16.3. The third kappa shape index (κ3) is 4.42. The van der Waals surface area contributed by atoms with Gasteiger partial charge in [0.15, 0.2) is 0 Å². The van der Waals surface area contributed by atoms with Crippen LogP contribution in [-0.2, 0) is 4.79 Å². The van der Waals surface area contributed by atoms with Crippen LogP contribution < -0.4 is 10.2 Å². The highest BCUT2D eigenvalue weighted by Crippen LogP contribution is 2.24. The molecule has 0 radical (unpaired) electrons. The summed E-state index contributed by atoms with van der Waals surface area (Å²) in [5.41, 5.74) is 2.11. The monoisotopic (exact) mass is 302 g/mol. The molecule has 2 rings (SSSR count). The Bertz CT molecular complexity index is 516. The number of benzene rings is 1. The minimum atomic E-state index is -0.358. The van der Waals surface area contributed by atoms with E-state index in [0.717, 1.165) is 37.1 Å². The van der Waals surface area contributed by atoms with Crippen molar-refractivity contribution in [2.75, 3.05) is 18.0 Å². The zero-order valence-corrected chi connectivity index (χ0v) is 13.3. The Morgan fingerprint density at radius 1 is 1.50 bits per heavy atom. The summed E-state index contributed by atoms with van der Waals surface area (Å²) in [7, 11) is 0. The quantitative estimate of drug-likeness (QED) is 0.726. The fraction of sp³-hybridized carbons (Fsp3) is 0.500. The standard InChI is InChI=1S/C18H26N2O2/c1-3-4-9-17(21)13-19-14(2)15-7-5-8-16(12-15)20-11-6-10-18(20)22/h3,5,7-8,12,14,17,19,21H,1,4,6,9-11,13H2,2H3. The first-order chi connectivity index (χ1) is 10.6. The number of carbonyl (C=O) groups is 1. The molecule has 1 aliphatic heterocycles. The van der Waals surface area contributed by atoms with Crippen molar-refractivity contribution in [1.29, 1.82) is 0 Å². The largest absolute Gasteiger partial charge is 0.392 e. The van der Waals surface area contributed by atoms with Crippen molar-refractivity contribution in [2.24, 2.45) is 0 Å². The molecule has 1 aromatic carbocycles. The molecule has 0 bridgehead atoms. The van der Waals surface area contributed by atoms with Crippen LogP contribution in [0.5, 0.6) is 0 Å². The molecule has 4 heteroatoms. The van der Waals surface area contributed by atoms with Crippen LogP contribution >= 0.6 is 0 Å². The van der Waals surface area contributed by atoms with E-state index in [4.69, 9.17) is 0 Å². The summed E-state index contributed by atoms with van der Waals surface area (Å²) >= 11 is 0. The minimum Gasteiger partial charge on any atom is -0.392 e. The third-order valence-corrected chi connectivity index (χ3v) is 4.12. The van der Waals surface area contributed by atoms with Crippen molar-refractivity contribution in [1.82, 2.24) is 5.32 Å². The molecule has 1 fully saturated rings. The Morgan fingerprint density at radius 2 is 2.32 bits per heavy atom. The molecule has 1 aromatic rings. The molecule has 0 aromatic heterocycles. The van der Waals surface area contributed by atoms with Gasteiger partial charge < -0.3 is 15.3 Å². The van der Waals surface area contributed by atoms with Crippen LogP contribution in [0.2, 0.25) is 0 Å². The van der Waals surface area contributed by atoms with Crippen LogP contribution in [0, 0.1) is 0 Å². The molecule has 2 N–H and O–H groups in total. The molecular weight excluding hydrogens is 276 g/mol. The van der Waals surface area contributed by atoms with Gasteiger partial charge in [0.05, 0.1) is 6.10 Å². The lowest BCUT2D eigenvalue weighted by Gasteiger charge is -2.20. The summed E-state index contributed by atoms with van der Waals surface area (Å²) in [5, 5.41) is 13.2. The van der Waals surface area contributed by atoms with Crippen LogP contribution in [0.3, 0.4) is 0 Å². The van der Waals surface area contributed by atoms with Crippen molar-refractivity contribution < 1.29 is 9.90 Å². The van der Waals surface area contributed by atoms with Gasteiger partial charge in [0, 0.05) is 31.2 Å². The molecule has 2 atom stereocenters. The van der Waals surface area contributed by atoms with E-state index in [1.54, 1.807) is 0 Å². The second-order valence-corrected chi connectivity index (χ2v) is 5.89. The van der Waals surface area contributed by atoms with Crippen molar-refractivity contribution in [3.63, 3.8) is 0 Å². The highest BCUT2D eigenvalue weighted by molar-refractivity contribution is 5.95. The second kappa shape index (κ2) is 8.11. The van der Waals surface area contributed by atoms with Crippen molar-refractivity contribution in [2.45, 2.75) is 44.8 Å². The number of anilines is 1. The van der Waals surface area contributed by atoms with Gasteiger partial charge in [-0.3, -0.25) is 4.79 Å². The van der Waals surface area contributed by atoms with Gasteiger partial charge in [0.2, 0.25) is 5.91 Å². The van der Waals surface area contributed by atoms with Crippen LogP contribution in [0.1, 0.15) is 44.2 Å². The van der Waals surface area contributed by atoms with Crippen molar-refractivity contribution >= 4 is 11.6 Å². The van der Waals surface area contributed by atoms with Gasteiger partial charge in [-0.2, -0.15) is 0 Å². The van der Waals surface area contributed by atoms with E-state index in [2.05, 4.69) is 31.0 Å². The molecule has 0 aliphatic carbocycles. The van der Waals surface area contributed by atoms with E-state index >= 15 is 0 Å². The van der Waals surface area contributed by atoms with E-state index in [1.807, 2.05) is 23.1 Å². The Hall–Kier alpha value is -1.65. The molecule has 1 heterocycles. The zero-order chi connectivity index (χ0) is 15.9. The van der Waals surface area contributed by atoms with E-state index < -0.39 is 0 Å². The van der Waals surface area contributed by atoms with E-state index in [9.17, 15) is 9.90 Å². The maximum atomic E-state index is 11.8. The summed E-state index contributed by atoms with van der Waals surface area (Å²) in [6.45, 7) is 7.11. The number of rotatable bonds is 8. The van der Waals surface area contributed by atoms with Gasteiger partial charge in [-0.05, 0) is 43.9 Å². The Balaban J connectivity index is 1.93. The third-order valence-electron chi connectivity index (χ3n) is 4.12. The molecule has 1 amide bonds.